The third kappa shape index (κ3) is 2.72. The Morgan fingerprint density at radius 1 is 1.33 bits per heavy atom. The summed E-state index contributed by atoms with van der Waals surface area (Å²) in [5.41, 5.74) is 1.46. The van der Waals surface area contributed by atoms with Crippen LogP contribution >= 0.6 is 0 Å². The predicted octanol–water partition coefficient (Wildman–Crippen LogP) is 2.14. The van der Waals surface area contributed by atoms with Gasteiger partial charge in [0, 0.05) is 17.9 Å². The summed E-state index contributed by atoms with van der Waals surface area (Å²) in [6.07, 6.45) is 4.19. The van der Waals surface area contributed by atoms with Crippen molar-refractivity contribution in [2.24, 2.45) is 5.92 Å². The highest BCUT2D eigenvalue weighted by Gasteiger charge is 2.25. The van der Waals surface area contributed by atoms with Crippen LogP contribution in [-0.4, -0.2) is 20.6 Å². The molecule has 0 atom stereocenters. The van der Waals surface area contributed by atoms with Gasteiger partial charge >= 0.3 is 0 Å². The molecule has 0 radical (unpaired) electrons. The van der Waals surface area contributed by atoms with Crippen LogP contribution in [-0.2, 0) is 14.6 Å². The molecule has 1 aromatic carbocycles. The standard InChI is InChI=1S/C13H17NO3S/c1-9-8-11(18(2,16)17)6-7-12(9)14-13(15)10-4-3-5-10/h6-8,10H,3-5H2,1-2H3,(H,14,15). The summed E-state index contributed by atoms with van der Waals surface area (Å²) >= 11 is 0. The van der Waals surface area contributed by atoms with Crippen molar-refractivity contribution in [1.29, 1.82) is 0 Å². The lowest BCUT2D eigenvalue weighted by Crippen LogP contribution is -2.28. The second kappa shape index (κ2) is 4.72. The molecule has 98 valence electrons. The minimum Gasteiger partial charge on any atom is -0.326 e. The Morgan fingerprint density at radius 2 is 2.00 bits per heavy atom. The van der Waals surface area contributed by atoms with Crippen molar-refractivity contribution in [3.8, 4) is 0 Å². The average Bonchev–Trinajstić information content (AvgIpc) is 2.16. The minimum atomic E-state index is -3.19. The number of hydrogen-bond donors (Lipinski definition) is 1. The van der Waals surface area contributed by atoms with E-state index in [1.54, 1.807) is 19.1 Å². The third-order valence-electron chi connectivity index (χ3n) is 3.36. The van der Waals surface area contributed by atoms with Crippen LogP contribution in [0.3, 0.4) is 0 Å². The van der Waals surface area contributed by atoms with Gasteiger partial charge in [-0.1, -0.05) is 6.42 Å². The van der Waals surface area contributed by atoms with Gasteiger partial charge in [0.2, 0.25) is 5.91 Å². The fraction of sp³-hybridized carbons (Fsp3) is 0.462. The molecule has 1 aliphatic rings. The molecule has 0 aliphatic heterocycles. The van der Waals surface area contributed by atoms with Crippen molar-refractivity contribution in [3.05, 3.63) is 23.8 Å². The van der Waals surface area contributed by atoms with Crippen molar-refractivity contribution in [3.63, 3.8) is 0 Å². The highest BCUT2D eigenvalue weighted by Crippen LogP contribution is 2.28. The van der Waals surface area contributed by atoms with Gasteiger partial charge in [0.05, 0.1) is 4.90 Å². The number of carbonyl (C=O) groups excluding carboxylic acids is 1. The molecule has 1 amide bonds. The smallest absolute Gasteiger partial charge is 0.227 e. The Bertz CT molecular complexity index is 574. The molecular weight excluding hydrogens is 250 g/mol. The zero-order chi connectivity index (χ0) is 13.3. The van der Waals surface area contributed by atoms with Crippen molar-refractivity contribution in [1.82, 2.24) is 0 Å². The molecule has 0 heterocycles. The fourth-order valence-electron chi connectivity index (χ4n) is 1.91. The number of anilines is 1. The normalized spacial score (nSPS) is 16.1. The predicted molar refractivity (Wildman–Crippen MR) is 70.3 cm³/mol. The molecule has 18 heavy (non-hydrogen) atoms. The van der Waals surface area contributed by atoms with Crippen LogP contribution in [0.2, 0.25) is 0 Å². The van der Waals surface area contributed by atoms with Gasteiger partial charge < -0.3 is 5.32 Å². The highest BCUT2D eigenvalue weighted by molar-refractivity contribution is 7.90. The van der Waals surface area contributed by atoms with Gasteiger partial charge in [0.25, 0.3) is 0 Å². The first-order valence-corrected chi connectivity index (χ1v) is 7.88. The van der Waals surface area contributed by atoms with E-state index in [1.807, 2.05) is 0 Å². The molecule has 0 unspecified atom stereocenters. The molecule has 1 N–H and O–H groups in total. The van der Waals surface area contributed by atoms with Crippen LogP contribution in [0.5, 0.6) is 0 Å². The van der Waals surface area contributed by atoms with Gasteiger partial charge in [0.1, 0.15) is 0 Å². The van der Waals surface area contributed by atoms with Crippen LogP contribution in [0, 0.1) is 12.8 Å². The molecule has 0 aromatic heterocycles. The molecule has 5 heteroatoms. The zero-order valence-corrected chi connectivity index (χ0v) is 11.4. The lowest BCUT2D eigenvalue weighted by Gasteiger charge is -2.24. The monoisotopic (exact) mass is 267 g/mol. The maximum absolute atomic E-state index is 11.8. The molecule has 0 spiro atoms. The van der Waals surface area contributed by atoms with E-state index in [4.69, 9.17) is 0 Å². The first-order valence-electron chi connectivity index (χ1n) is 5.99. The van der Waals surface area contributed by atoms with Crippen molar-refractivity contribution < 1.29 is 13.2 Å². The summed E-state index contributed by atoms with van der Waals surface area (Å²) < 4.78 is 22.8. The molecular formula is C13H17NO3S. The summed E-state index contributed by atoms with van der Waals surface area (Å²) in [6, 6.07) is 4.77. The van der Waals surface area contributed by atoms with E-state index in [-0.39, 0.29) is 16.7 Å². The lowest BCUT2D eigenvalue weighted by atomic mass is 9.85. The largest absolute Gasteiger partial charge is 0.326 e. The Kier molecular flexibility index (Phi) is 3.43. The Morgan fingerprint density at radius 3 is 2.44 bits per heavy atom. The summed E-state index contributed by atoms with van der Waals surface area (Å²) in [6.45, 7) is 1.80. The van der Waals surface area contributed by atoms with E-state index in [1.165, 1.54) is 12.3 Å². The minimum absolute atomic E-state index is 0.0384. The Balaban J connectivity index is 2.17. The van der Waals surface area contributed by atoms with Crippen LogP contribution in [0.15, 0.2) is 23.1 Å². The molecule has 1 saturated carbocycles. The lowest BCUT2D eigenvalue weighted by molar-refractivity contribution is -0.122. The van der Waals surface area contributed by atoms with E-state index in [9.17, 15) is 13.2 Å². The molecule has 0 saturated heterocycles. The summed E-state index contributed by atoms with van der Waals surface area (Å²) in [5.74, 6) is 0.162. The molecule has 2 rings (SSSR count). The van der Waals surface area contributed by atoms with Crippen molar-refractivity contribution >= 4 is 21.4 Å². The van der Waals surface area contributed by atoms with Crippen LogP contribution < -0.4 is 5.32 Å². The molecule has 1 aromatic rings. The van der Waals surface area contributed by atoms with Crippen molar-refractivity contribution in [2.45, 2.75) is 31.1 Å². The number of nitrogens with one attached hydrogen (secondary N) is 1. The molecule has 1 aliphatic carbocycles. The molecule has 4 nitrogen and oxygen atoms in total. The van der Waals surface area contributed by atoms with E-state index in [0.29, 0.717) is 5.69 Å². The van der Waals surface area contributed by atoms with Gasteiger partial charge in [-0.3, -0.25) is 4.79 Å². The van der Waals surface area contributed by atoms with Gasteiger partial charge in [-0.25, -0.2) is 8.42 Å². The quantitative estimate of drug-likeness (QED) is 0.912. The number of carbonyl (C=O) groups is 1. The molecule has 0 bridgehead atoms. The van der Waals surface area contributed by atoms with Crippen LogP contribution in [0.25, 0.3) is 0 Å². The average molecular weight is 267 g/mol. The van der Waals surface area contributed by atoms with Gasteiger partial charge in [-0.15, -0.1) is 0 Å². The summed E-state index contributed by atoms with van der Waals surface area (Å²) in [5, 5.41) is 2.86. The third-order valence-corrected chi connectivity index (χ3v) is 4.47. The highest BCUT2D eigenvalue weighted by atomic mass is 32.2. The summed E-state index contributed by atoms with van der Waals surface area (Å²) in [4.78, 5) is 12.1. The second-order valence-corrected chi connectivity index (χ2v) is 6.88. The number of aryl methyl sites for hydroxylation is 1. The SMILES string of the molecule is Cc1cc(S(C)(=O)=O)ccc1NC(=O)C1CCC1. The maximum atomic E-state index is 11.8. The Labute approximate surface area is 107 Å². The van der Waals surface area contributed by atoms with Crippen LogP contribution in [0.1, 0.15) is 24.8 Å². The first-order chi connectivity index (χ1) is 8.38. The van der Waals surface area contributed by atoms with E-state index < -0.39 is 9.84 Å². The van der Waals surface area contributed by atoms with Crippen LogP contribution in [0.4, 0.5) is 5.69 Å². The Hall–Kier alpha value is -1.36. The number of sulfone groups is 1. The topological polar surface area (TPSA) is 63.2 Å². The van der Waals surface area contributed by atoms with E-state index in [0.717, 1.165) is 24.8 Å². The van der Waals surface area contributed by atoms with Gasteiger partial charge in [-0.05, 0) is 43.5 Å². The maximum Gasteiger partial charge on any atom is 0.227 e. The number of benzene rings is 1. The first kappa shape index (κ1) is 13.1. The number of rotatable bonds is 3. The second-order valence-electron chi connectivity index (χ2n) is 4.87. The van der Waals surface area contributed by atoms with Gasteiger partial charge in [-0.2, -0.15) is 0 Å². The summed E-state index contributed by atoms with van der Waals surface area (Å²) in [7, 11) is -3.19. The van der Waals surface area contributed by atoms with E-state index >= 15 is 0 Å². The molecule has 1 fully saturated rings. The van der Waals surface area contributed by atoms with Crippen molar-refractivity contribution in [2.75, 3.05) is 11.6 Å². The van der Waals surface area contributed by atoms with Gasteiger partial charge in [0.15, 0.2) is 9.84 Å². The number of hydrogen-bond acceptors (Lipinski definition) is 3. The van der Waals surface area contributed by atoms with E-state index in [2.05, 4.69) is 5.32 Å². The fourth-order valence-corrected chi connectivity index (χ4v) is 2.62. The zero-order valence-electron chi connectivity index (χ0n) is 10.6. The number of amides is 1.